The number of hydrogen-bond donors (Lipinski definition) is 0. The van der Waals surface area contributed by atoms with Crippen LogP contribution in [-0.4, -0.2) is 5.24 Å². The normalized spacial score (nSPS) is 8.55. The zero-order valence-electron chi connectivity index (χ0n) is 6.97. The van der Waals surface area contributed by atoms with Gasteiger partial charge in [-0.1, -0.05) is 11.6 Å². The summed E-state index contributed by atoms with van der Waals surface area (Å²) in [5.74, 6) is 0. The van der Waals surface area contributed by atoms with Crippen molar-refractivity contribution in [1.82, 2.24) is 0 Å². The van der Waals surface area contributed by atoms with Crippen LogP contribution in [0.25, 0.3) is 0 Å². The van der Waals surface area contributed by atoms with Crippen LogP contribution in [0.4, 0.5) is 0 Å². The van der Waals surface area contributed by atoms with Crippen molar-refractivity contribution >= 4 is 28.4 Å². The maximum atomic E-state index is 10.5. The molecule has 0 aliphatic heterocycles. The second kappa shape index (κ2) is 5.18. The van der Waals surface area contributed by atoms with Crippen LogP contribution in [0.15, 0.2) is 24.3 Å². The topological polar surface area (TPSA) is 17.1 Å². The van der Waals surface area contributed by atoms with Gasteiger partial charge in [0.2, 0.25) is 0 Å². The summed E-state index contributed by atoms with van der Waals surface area (Å²) in [4.78, 5) is 10.5. The van der Waals surface area contributed by atoms with Crippen LogP contribution in [0, 0.1) is 0 Å². The van der Waals surface area contributed by atoms with Crippen LogP contribution in [0.2, 0.25) is 5.02 Å². The molecule has 0 radical (unpaired) electrons. The summed E-state index contributed by atoms with van der Waals surface area (Å²) < 4.78 is 0. The molecule has 0 saturated heterocycles. The van der Waals surface area contributed by atoms with Crippen molar-refractivity contribution in [1.29, 1.82) is 0 Å². The first-order valence-electron chi connectivity index (χ1n) is 2.65. The molecule has 0 atom stereocenters. The van der Waals surface area contributed by atoms with Gasteiger partial charge in [-0.25, -0.2) is 0 Å². The van der Waals surface area contributed by atoms with Crippen LogP contribution in [0.5, 0.6) is 0 Å². The zero-order chi connectivity index (χ0) is 7.56. The average Bonchev–Trinajstić information content (AvgIpc) is 1.88. The molecular weight excluding hydrogens is 194 g/mol. The molecule has 1 nitrogen and oxygen atoms in total. The molecule has 0 aliphatic rings. The molecule has 1 rings (SSSR count). The Bertz CT molecular complexity index is 250. The maximum Gasteiger partial charge on any atom is 1.00 e. The number of carbonyl (C=O) groups is 1. The number of carbonyl (C=O) groups excluding carboxylic acids is 1. The maximum absolute atomic E-state index is 10.5. The third-order valence-electron chi connectivity index (χ3n) is 1.07. The van der Waals surface area contributed by atoms with E-state index in [1.54, 1.807) is 24.3 Å². The Morgan fingerprint density at radius 3 is 2.09 bits per heavy atom. The molecule has 4 heteroatoms. The van der Waals surface area contributed by atoms with Gasteiger partial charge in [0.1, 0.15) is 0 Å². The number of rotatable bonds is 1. The average molecular weight is 199 g/mol. The van der Waals surface area contributed by atoms with Gasteiger partial charge in [-0.3, -0.25) is 4.79 Å². The fourth-order valence-electron chi connectivity index (χ4n) is 0.581. The molecule has 0 heterocycles. The molecule has 0 aromatic heterocycles. The molecule has 0 amide bonds. The molecule has 0 fully saturated rings. The van der Waals surface area contributed by atoms with E-state index in [2.05, 4.69) is 0 Å². The van der Waals surface area contributed by atoms with Crippen molar-refractivity contribution in [2.24, 2.45) is 0 Å². The molecule has 0 unspecified atom stereocenters. The van der Waals surface area contributed by atoms with Gasteiger partial charge in [-0.2, -0.15) is 0 Å². The van der Waals surface area contributed by atoms with Crippen molar-refractivity contribution < 1.29 is 35.8 Å². The molecular formula is C7H5Cl2NaO. The van der Waals surface area contributed by atoms with Crippen LogP contribution >= 0.6 is 23.2 Å². The van der Waals surface area contributed by atoms with Gasteiger partial charge in [0.05, 0.1) is 0 Å². The Morgan fingerprint density at radius 2 is 1.73 bits per heavy atom. The molecule has 0 N–H and O–H groups in total. The summed E-state index contributed by atoms with van der Waals surface area (Å²) in [6, 6.07) is 6.41. The van der Waals surface area contributed by atoms with Crippen LogP contribution in [0.1, 0.15) is 11.8 Å². The Balaban J connectivity index is 0. The summed E-state index contributed by atoms with van der Waals surface area (Å²) in [6.07, 6.45) is 0. The van der Waals surface area contributed by atoms with Crippen molar-refractivity contribution in [3.63, 3.8) is 0 Å². The van der Waals surface area contributed by atoms with Crippen LogP contribution in [0.3, 0.4) is 0 Å². The molecule has 0 aliphatic carbocycles. The van der Waals surface area contributed by atoms with E-state index in [4.69, 9.17) is 23.2 Å². The van der Waals surface area contributed by atoms with Gasteiger partial charge in [0, 0.05) is 10.6 Å². The second-order valence-electron chi connectivity index (χ2n) is 1.78. The van der Waals surface area contributed by atoms with Crippen molar-refractivity contribution in [3.8, 4) is 0 Å². The Morgan fingerprint density at radius 1 is 1.27 bits per heavy atom. The molecule has 11 heavy (non-hydrogen) atoms. The molecule has 54 valence electrons. The third-order valence-corrected chi connectivity index (χ3v) is 1.54. The standard InChI is InChI=1S/C7H4Cl2O.Na.H/c8-6-3-1-5(2-4-6)7(9)10;;/h1-4H;;/q;+1;-1. The van der Waals surface area contributed by atoms with Gasteiger partial charge in [-0.05, 0) is 35.9 Å². The van der Waals surface area contributed by atoms with Crippen molar-refractivity contribution in [2.45, 2.75) is 0 Å². The minimum atomic E-state index is -0.461. The van der Waals surface area contributed by atoms with E-state index in [0.717, 1.165) is 0 Å². The van der Waals surface area contributed by atoms with Gasteiger partial charge in [0.25, 0.3) is 5.24 Å². The van der Waals surface area contributed by atoms with Gasteiger partial charge >= 0.3 is 29.6 Å². The van der Waals surface area contributed by atoms with E-state index in [0.29, 0.717) is 10.6 Å². The van der Waals surface area contributed by atoms with Gasteiger partial charge < -0.3 is 1.43 Å². The largest absolute Gasteiger partial charge is 1.00 e. The van der Waals surface area contributed by atoms with Crippen LogP contribution < -0.4 is 29.6 Å². The minimum Gasteiger partial charge on any atom is -1.00 e. The summed E-state index contributed by atoms with van der Waals surface area (Å²) in [5, 5.41) is 0.137. The van der Waals surface area contributed by atoms with E-state index in [-0.39, 0.29) is 31.0 Å². The third kappa shape index (κ3) is 3.59. The molecule has 0 saturated carbocycles. The Hall–Kier alpha value is 0.470. The molecule has 0 bridgehead atoms. The summed E-state index contributed by atoms with van der Waals surface area (Å²) in [6.45, 7) is 0. The summed E-state index contributed by atoms with van der Waals surface area (Å²) in [5.41, 5.74) is 0.464. The predicted molar refractivity (Wildman–Crippen MR) is 42.7 cm³/mol. The van der Waals surface area contributed by atoms with Gasteiger partial charge in [-0.15, -0.1) is 0 Å². The van der Waals surface area contributed by atoms with Crippen LogP contribution in [-0.2, 0) is 0 Å². The van der Waals surface area contributed by atoms with E-state index in [1.807, 2.05) is 0 Å². The van der Waals surface area contributed by atoms with E-state index in [9.17, 15) is 4.79 Å². The molecule has 1 aromatic rings. The van der Waals surface area contributed by atoms with E-state index >= 15 is 0 Å². The Kier molecular flexibility index (Phi) is 5.40. The van der Waals surface area contributed by atoms with E-state index < -0.39 is 5.24 Å². The fraction of sp³-hybridized carbons (Fsp3) is 0. The first kappa shape index (κ1) is 11.5. The van der Waals surface area contributed by atoms with E-state index in [1.165, 1.54) is 0 Å². The van der Waals surface area contributed by atoms with Crippen molar-refractivity contribution in [3.05, 3.63) is 34.9 Å². The number of halogens is 2. The zero-order valence-corrected chi connectivity index (χ0v) is 9.49. The Labute approximate surface area is 98.5 Å². The minimum absolute atomic E-state index is 0. The number of hydrogen-bond acceptors (Lipinski definition) is 1. The molecule has 0 spiro atoms. The van der Waals surface area contributed by atoms with Gasteiger partial charge in [0.15, 0.2) is 0 Å². The fourth-order valence-corrected chi connectivity index (χ4v) is 0.833. The van der Waals surface area contributed by atoms with Crippen molar-refractivity contribution in [2.75, 3.05) is 0 Å². The second-order valence-corrected chi connectivity index (χ2v) is 2.56. The molecule has 1 aromatic carbocycles. The quantitative estimate of drug-likeness (QED) is 0.453. The first-order chi connectivity index (χ1) is 4.70. The SMILES string of the molecule is O=C(Cl)c1ccc(Cl)cc1.[H-].[Na+]. The monoisotopic (exact) mass is 198 g/mol. The summed E-state index contributed by atoms with van der Waals surface area (Å²) in [7, 11) is 0. The summed E-state index contributed by atoms with van der Waals surface area (Å²) >= 11 is 10.7. The smallest absolute Gasteiger partial charge is 1.00 e. The number of benzene rings is 1. The predicted octanol–water partition coefficient (Wildman–Crippen LogP) is -0.164. The first-order valence-corrected chi connectivity index (χ1v) is 3.41.